The minimum Gasteiger partial charge on any atom is -0.459 e. The lowest BCUT2D eigenvalue weighted by Crippen LogP contribution is -2.59. The number of nitrogens with two attached hydrogens (primary N) is 1. The minimum absolute atomic E-state index is 0.188. The molecule has 0 aromatic carbocycles. The van der Waals surface area contributed by atoms with Gasteiger partial charge in [0, 0.05) is 31.7 Å². The van der Waals surface area contributed by atoms with Crippen LogP contribution in [0.1, 0.15) is 36.9 Å². The van der Waals surface area contributed by atoms with Gasteiger partial charge in [-0.25, -0.2) is 4.79 Å². The summed E-state index contributed by atoms with van der Waals surface area (Å²) in [5.74, 6) is 0.140. The van der Waals surface area contributed by atoms with Gasteiger partial charge in [-0.1, -0.05) is 0 Å². The van der Waals surface area contributed by atoms with Gasteiger partial charge in [-0.15, -0.1) is 0 Å². The van der Waals surface area contributed by atoms with Crippen LogP contribution in [0.2, 0.25) is 0 Å². The van der Waals surface area contributed by atoms with E-state index in [9.17, 15) is 9.59 Å². The number of amides is 2. The van der Waals surface area contributed by atoms with Gasteiger partial charge in [-0.3, -0.25) is 4.79 Å². The van der Waals surface area contributed by atoms with Crippen LogP contribution in [-0.4, -0.2) is 59.6 Å². The van der Waals surface area contributed by atoms with Gasteiger partial charge >= 0.3 is 6.09 Å². The van der Waals surface area contributed by atoms with Crippen molar-refractivity contribution in [3.8, 4) is 0 Å². The molecule has 1 atom stereocenters. The van der Waals surface area contributed by atoms with Crippen molar-refractivity contribution in [1.29, 1.82) is 0 Å². The molecular formula is C16H25N3O4. The molecule has 128 valence electrons. The molecule has 0 saturated carbocycles. The quantitative estimate of drug-likeness (QED) is 0.893. The molecule has 0 spiro atoms. The number of aryl methyl sites for hydroxylation is 1. The zero-order valence-corrected chi connectivity index (χ0v) is 14.2. The monoisotopic (exact) mass is 323 g/mol. The van der Waals surface area contributed by atoms with E-state index < -0.39 is 5.60 Å². The maximum Gasteiger partial charge on any atom is 0.410 e. The van der Waals surface area contributed by atoms with Crippen molar-refractivity contribution in [2.24, 2.45) is 5.73 Å². The van der Waals surface area contributed by atoms with Gasteiger partial charge in [0.15, 0.2) is 5.76 Å². The van der Waals surface area contributed by atoms with Crippen LogP contribution in [0, 0.1) is 6.92 Å². The van der Waals surface area contributed by atoms with Gasteiger partial charge in [0.2, 0.25) is 0 Å². The van der Waals surface area contributed by atoms with Gasteiger partial charge in [-0.05, 0) is 33.8 Å². The highest BCUT2D eigenvalue weighted by Gasteiger charge is 2.35. The topological polar surface area (TPSA) is 89.0 Å². The Morgan fingerprint density at radius 1 is 1.39 bits per heavy atom. The maximum atomic E-state index is 12.6. The zero-order chi connectivity index (χ0) is 17.2. The molecule has 2 amide bonds. The Bertz CT molecular complexity index is 576. The summed E-state index contributed by atoms with van der Waals surface area (Å²) in [5.41, 5.74) is 6.05. The Morgan fingerprint density at radius 2 is 2.09 bits per heavy atom. The molecule has 1 aliphatic heterocycles. The van der Waals surface area contributed by atoms with E-state index in [4.69, 9.17) is 14.9 Å². The third-order valence-corrected chi connectivity index (χ3v) is 3.72. The normalized spacial score (nSPS) is 18.9. The molecule has 1 aromatic rings. The zero-order valence-electron chi connectivity index (χ0n) is 14.2. The van der Waals surface area contributed by atoms with Crippen molar-refractivity contribution in [2.45, 2.75) is 39.3 Å². The Balaban J connectivity index is 2.06. The number of nitrogens with zero attached hydrogens (tertiary/aromatic N) is 2. The predicted octanol–water partition coefficient (Wildman–Crippen LogP) is 1.61. The summed E-state index contributed by atoms with van der Waals surface area (Å²) < 4.78 is 10.7. The van der Waals surface area contributed by atoms with Gasteiger partial charge in [-0.2, -0.15) is 0 Å². The molecule has 2 heterocycles. The molecular weight excluding hydrogens is 298 g/mol. The average molecular weight is 323 g/mol. The number of rotatable bonds is 2. The number of hydrogen-bond acceptors (Lipinski definition) is 5. The molecule has 1 aromatic heterocycles. The van der Waals surface area contributed by atoms with Crippen LogP contribution in [0.25, 0.3) is 0 Å². The van der Waals surface area contributed by atoms with Crippen LogP contribution in [-0.2, 0) is 4.74 Å². The first-order chi connectivity index (χ1) is 10.7. The van der Waals surface area contributed by atoms with Crippen LogP contribution in [0.4, 0.5) is 4.79 Å². The second-order valence-corrected chi connectivity index (χ2v) is 6.75. The predicted molar refractivity (Wildman–Crippen MR) is 85.1 cm³/mol. The van der Waals surface area contributed by atoms with E-state index in [0.717, 1.165) is 5.56 Å². The van der Waals surface area contributed by atoms with Crippen LogP contribution >= 0.6 is 0 Å². The molecule has 7 nitrogen and oxygen atoms in total. The summed E-state index contributed by atoms with van der Waals surface area (Å²) >= 11 is 0. The number of hydrogen-bond donors (Lipinski definition) is 1. The number of carbonyl (C=O) groups excluding carboxylic acids is 2. The van der Waals surface area contributed by atoms with Gasteiger partial charge in [0.25, 0.3) is 5.91 Å². The smallest absolute Gasteiger partial charge is 0.410 e. The summed E-state index contributed by atoms with van der Waals surface area (Å²) in [6.07, 6.45) is 1.12. The van der Waals surface area contributed by atoms with Crippen LogP contribution in [0.15, 0.2) is 16.7 Å². The molecule has 2 N–H and O–H groups in total. The standard InChI is InChI=1S/C16H25N3O4/c1-11-5-8-22-13(11)14(20)19-7-6-18(10-12(19)9-17)15(21)23-16(2,3)4/h5,8,12H,6-7,9-10,17H2,1-4H3. The van der Waals surface area contributed by atoms with Crippen molar-refractivity contribution in [1.82, 2.24) is 9.80 Å². The van der Waals surface area contributed by atoms with Crippen molar-refractivity contribution >= 4 is 12.0 Å². The first kappa shape index (κ1) is 17.3. The third-order valence-electron chi connectivity index (χ3n) is 3.72. The Kier molecular flexibility index (Phi) is 4.99. The van der Waals surface area contributed by atoms with Crippen molar-refractivity contribution in [3.05, 3.63) is 23.7 Å². The lowest BCUT2D eigenvalue weighted by Gasteiger charge is -2.40. The molecule has 1 saturated heterocycles. The van der Waals surface area contributed by atoms with E-state index in [0.29, 0.717) is 25.4 Å². The van der Waals surface area contributed by atoms with Crippen molar-refractivity contribution in [3.63, 3.8) is 0 Å². The van der Waals surface area contributed by atoms with E-state index in [1.165, 1.54) is 6.26 Å². The van der Waals surface area contributed by atoms with E-state index in [1.807, 2.05) is 27.7 Å². The maximum absolute atomic E-state index is 12.6. The second-order valence-electron chi connectivity index (χ2n) is 6.75. The summed E-state index contributed by atoms with van der Waals surface area (Å²) in [6.45, 7) is 8.74. The first-order valence-electron chi connectivity index (χ1n) is 7.76. The SMILES string of the molecule is Cc1ccoc1C(=O)N1CCN(C(=O)OC(C)(C)C)CC1CN. The second kappa shape index (κ2) is 6.62. The van der Waals surface area contributed by atoms with Gasteiger partial charge < -0.3 is 24.7 Å². The Labute approximate surface area is 136 Å². The molecule has 2 rings (SSSR count). The van der Waals surface area contributed by atoms with E-state index in [1.54, 1.807) is 15.9 Å². The summed E-state index contributed by atoms with van der Waals surface area (Å²) in [4.78, 5) is 28.0. The molecule has 0 bridgehead atoms. The van der Waals surface area contributed by atoms with E-state index in [2.05, 4.69) is 0 Å². The van der Waals surface area contributed by atoms with Gasteiger partial charge in [0.05, 0.1) is 12.3 Å². The van der Waals surface area contributed by atoms with Crippen LogP contribution in [0.5, 0.6) is 0 Å². The van der Waals surface area contributed by atoms with Crippen LogP contribution in [0.3, 0.4) is 0 Å². The largest absolute Gasteiger partial charge is 0.459 e. The lowest BCUT2D eigenvalue weighted by atomic mass is 10.1. The van der Waals surface area contributed by atoms with E-state index in [-0.39, 0.29) is 24.6 Å². The van der Waals surface area contributed by atoms with Crippen molar-refractivity contribution < 1.29 is 18.7 Å². The van der Waals surface area contributed by atoms with Crippen LogP contribution < -0.4 is 5.73 Å². The molecule has 1 unspecified atom stereocenters. The minimum atomic E-state index is -0.548. The summed E-state index contributed by atoms with van der Waals surface area (Å²) in [7, 11) is 0. The third kappa shape index (κ3) is 4.04. The molecule has 0 radical (unpaired) electrons. The fourth-order valence-corrected chi connectivity index (χ4v) is 2.54. The number of piperazine rings is 1. The molecule has 23 heavy (non-hydrogen) atoms. The molecule has 0 aliphatic carbocycles. The first-order valence-corrected chi connectivity index (χ1v) is 7.76. The van der Waals surface area contributed by atoms with Gasteiger partial charge in [0.1, 0.15) is 5.60 Å². The highest BCUT2D eigenvalue weighted by atomic mass is 16.6. The van der Waals surface area contributed by atoms with Crippen molar-refractivity contribution in [2.75, 3.05) is 26.2 Å². The lowest BCUT2D eigenvalue weighted by molar-refractivity contribution is 0.00466. The summed E-state index contributed by atoms with van der Waals surface area (Å²) in [5, 5.41) is 0. The highest BCUT2D eigenvalue weighted by Crippen LogP contribution is 2.19. The molecule has 1 fully saturated rings. The number of furan rings is 1. The fraction of sp³-hybridized carbons (Fsp3) is 0.625. The average Bonchev–Trinajstić information content (AvgIpc) is 2.90. The molecule has 1 aliphatic rings. The summed E-state index contributed by atoms with van der Waals surface area (Å²) in [6, 6.07) is 1.50. The number of carbonyl (C=O) groups is 2. The Hall–Kier alpha value is -2.02. The highest BCUT2D eigenvalue weighted by molar-refractivity contribution is 5.93. The van der Waals surface area contributed by atoms with E-state index >= 15 is 0 Å². The fourth-order valence-electron chi connectivity index (χ4n) is 2.54. The Morgan fingerprint density at radius 3 is 2.61 bits per heavy atom. The molecule has 7 heteroatoms. The number of ether oxygens (including phenoxy) is 1.